The summed E-state index contributed by atoms with van der Waals surface area (Å²) in [5, 5.41) is 11.0. The van der Waals surface area contributed by atoms with Crippen molar-refractivity contribution in [3.8, 4) is 5.75 Å². The standard InChI is InChI=1S/C44H75NO11/c1-5-9-13-16-18-21-31-51-43(52-32-22-19-17-14-10-6-2)30-29-41(46)53-34-38(36-55-44(48)56-40-27-25-39(26-28-40)45(49)50)35-54-42(47)33-37(23-12-8-4)24-20-15-11-7-3/h25-28,37-38,43H,5-24,29-36H2,1-4H3. The van der Waals surface area contributed by atoms with E-state index in [1.807, 2.05) is 0 Å². The zero-order valence-corrected chi connectivity index (χ0v) is 35.3. The molecule has 0 fully saturated rings. The molecule has 0 amide bonds. The van der Waals surface area contributed by atoms with Crippen molar-refractivity contribution in [3.05, 3.63) is 34.4 Å². The van der Waals surface area contributed by atoms with Gasteiger partial charge in [-0.1, -0.05) is 130 Å². The highest BCUT2D eigenvalue weighted by atomic mass is 16.7. The summed E-state index contributed by atoms with van der Waals surface area (Å²) in [5.41, 5.74) is -0.146. The van der Waals surface area contributed by atoms with Gasteiger partial charge in [-0.05, 0) is 43.7 Å². The number of non-ortho nitro benzene ring substituents is 1. The molecule has 0 saturated carbocycles. The second-order valence-corrected chi connectivity index (χ2v) is 15.0. The minimum Gasteiger partial charge on any atom is -0.465 e. The van der Waals surface area contributed by atoms with Crippen molar-refractivity contribution in [2.45, 2.75) is 182 Å². The predicted molar refractivity (Wildman–Crippen MR) is 219 cm³/mol. The van der Waals surface area contributed by atoms with Gasteiger partial charge in [0.05, 0.1) is 17.3 Å². The van der Waals surface area contributed by atoms with Crippen LogP contribution >= 0.6 is 0 Å². The van der Waals surface area contributed by atoms with Crippen molar-refractivity contribution in [3.63, 3.8) is 0 Å². The number of unbranched alkanes of at least 4 members (excludes halogenated alkanes) is 14. The Morgan fingerprint density at radius 3 is 1.61 bits per heavy atom. The summed E-state index contributed by atoms with van der Waals surface area (Å²) in [4.78, 5) is 48.9. The summed E-state index contributed by atoms with van der Waals surface area (Å²) >= 11 is 0. The number of rotatable bonds is 37. The molecule has 12 nitrogen and oxygen atoms in total. The van der Waals surface area contributed by atoms with Crippen molar-refractivity contribution in [2.75, 3.05) is 33.0 Å². The number of hydrogen-bond donors (Lipinski definition) is 0. The topological polar surface area (TPSA) is 150 Å². The summed E-state index contributed by atoms with van der Waals surface area (Å²) in [6.07, 6.45) is 21.5. The zero-order valence-electron chi connectivity index (χ0n) is 35.3. The van der Waals surface area contributed by atoms with E-state index in [4.69, 9.17) is 28.4 Å². The molecule has 56 heavy (non-hydrogen) atoms. The molecule has 0 N–H and O–H groups in total. The highest BCUT2D eigenvalue weighted by molar-refractivity contribution is 5.70. The lowest BCUT2D eigenvalue weighted by Gasteiger charge is -2.20. The minimum atomic E-state index is -1.04. The van der Waals surface area contributed by atoms with Gasteiger partial charge >= 0.3 is 18.1 Å². The van der Waals surface area contributed by atoms with E-state index in [0.717, 1.165) is 70.6 Å². The third-order valence-corrected chi connectivity index (χ3v) is 9.72. The van der Waals surface area contributed by atoms with Crippen LogP contribution in [0.3, 0.4) is 0 Å². The van der Waals surface area contributed by atoms with Crippen LogP contribution in [0.2, 0.25) is 0 Å². The van der Waals surface area contributed by atoms with Gasteiger partial charge in [-0.25, -0.2) is 4.79 Å². The number of carbonyl (C=O) groups excluding carboxylic acids is 3. The number of esters is 2. The molecule has 1 rings (SSSR count). The molecule has 1 aromatic rings. The summed E-state index contributed by atoms with van der Waals surface area (Å²) in [5.74, 6) is -1.13. The molecule has 0 bridgehead atoms. The maximum atomic E-state index is 13.0. The lowest BCUT2D eigenvalue weighted by Crippen LogP contribution is -2.28. The molecule has 0 aromatic heterocycles. The number of nitro groups is 1. The monoisotopic (exact) mass is 794 g/mol. The van der Waals surface area contributed by atoms with Gasteiger partial charge in [0.15, 0.2) is 6.29 Å². The van der Waals surface area contributed by atoms with E-state index in [9.17, 15) is 24.5 Å². The van der Waals surface area contributed by atoms with Crippen molar-refractivity contribution in [1.82, 2.24) is 0 Å². The number of ether oxygens (including phenoxy) is 6. The van der Waals surface area contributed by atoms with E-state index < -0.39 is 29.3 Å². The Morgan fingerprint density at radius 1 is 0.571 bits per heavy atom. The summed E-state index contributed by atoms with van der Waals surface area (Å²) in [6.45, 7) is 9.36. The van der Waals surface area contributed by atoms with Crippen LogP contribution in [0.25, 0.3) is 0 Å². The fourth-order valence-electron chi connectivity index (χ4n) is 6.23. The average molecular weight is 794 g/mol. The Bertz CT molecular complexity index is 1130. The largest absolute Gasteiger partial charge is 0.513 e. The molecule has 0 aliphatic carbocycles. The molecule has 2 unspecified atom stereocenters. The van der Waals surface area contributed by atoms with E-state index in [-0.39, 0.29) is 49.6 Å². The Hall–Kier alpha value is -3.25. The summed E-state index contributed by atoms with van der Waals surface area (Å²) in [6, 6.07) is 5.01. The van der Waals surface area contributed by atoms with E-state index in [2.05, 4.69) is 27.7 Å². The Balaban J connectivity index is 2.79. The van der Waals surface area contributed by atoms with Crippen molar-refractivity contribution >= 4 is 23.8 Å². The van der Waals surface area contributed by atoms with Crippen LogP contribution in [0, 0.1) is 22.0 Å². The number of nitrogens with zero attached hydrogens (tertiary/aromatic N) is 1. The van der Waals surface area contributed by atoms with E-state index in [1.165, 1.54) is 82.1 Å². The Kier molecular flexibility index (Phi) is 31.7. The van der Waals surface area contributed by atoms with Crippen molar-refractivity contribution in [1.29, 1.82) is 0 Å². The number of nitro benzene ring substituents is 1. The second-order valence-electron chi connectivity index (χ2n) is 15.0. The first-order chi connectivity index (χ1) is 27.2. The molecular weight excluding hydrogens is 718 g/mol. The molecule has 322 valence electrons. The average Bonchev–Trinajstić information content (AvgIpc) is 3.19. The van der Waals surface area contributed by atoms with Crippen molar-refractivity contribution < 1.29 is 47.7 Å². The Morgan fingerprint density at radius 2 is 1.05 bits per heavy atom. The van der Waals surface area contributed by atoms with Gasteiger partial charge in [-0.3, -0.25) is 19.7 Å². The van der Waals surface area contributed by atoms with Crippen LogP contribution in [-0.4, -0.2) is 62.3 Å². The molecular formula is C44H75NO11. The van der Waals surface area contributed by atoms with Gasteiger partial charge in [0.1, 0.15) is 25.6 Å². The van der Waals surface area contributed by atoms with E-state index in [1.54, 1.807) is 0 Å². The highest BCUT2D eigenvalue weighted by Gasteiger charge is 2.22. The van der Waals surface area contributed by atoms with Crippen LogP contribution in [0.1, 0.15) is 175 Å². The summed E-state index contributed by atoms with van der Waals surface area (Å²) < 4.78 is 33.9. The molecule has 0 saturated heterocycles. The van der Waals surface area contributed by atoms with Gasteiger partial charge in [0, 0.05) is 38.2 Å². The molecule has 12 heteroatoms. The number of carbonyl (C=O) groups is 3. The molecule has 2 atom stereocenters. The maximum absolute atomic E-state index is 13.0. The number of hydrogen-bond acceptors (Lipinski definition) is 11. The molecule has 0 heterocycles. The lowest BCUT2D eigenvalue weighted by atomic mass is 9.92. The van der Waals surface area contributed by atoms with Crippen molar-refractivity contribution in [2.24, 2.45) is 11.8 Å². The van der Waals surface area contributed by atoms with E-state index in [0.29, 0.717) is 26.1 Å². The molecule has 0 aliphatic rings. The molecule has 0 aliphatic heterocycles. The fraction of sp³-hybridized carbons (Fsp3) is 0.795. The van der Waals surface area contributed by atoms with Gasteiger partial charge in [0.25, 0.3) is 5.69 Å². The minimum absolute atomic E-state index is 0.0686. The smallest absolute Gasteiger partial charge is 0.465 e. The molecule has 0 radical (unpaired) electrons. The zero-order chi connectivity index (χ0) is 41.1. The van der Waals surface area contributed by atoms with Crippen LogP contribution in [0.4, 0.5) is 10.5 Å². The van der Waals surface area contributed by atoms with E-state index >= 15 is 0 Å². The highest BCUT2D eigenvalue weighted by Crippen LogP contribution is 2.22. The third kappa shape index (κ3) is 28.2. The van der Waals surface area contributed by atoms with Crippen LogP contribution in [-0.2, 0) is 33.3 Å². The molecule has 0 spiro atoms. The van der Waals surface area contributed by atoms with Crippen LogP contribution in [0.15, 0.2) is 24.3 Å². The normalized spacial score (nSPS) is 12.3. The first-order valence-electron chi connectivity index (χ1n) is 21.9. The predicted octanol–water partition coefficient (Wildman–Crippen LogP) is 11.8. The van der Waals surface area contributed by atoms with Crippen LogP contribution in [0.5, 0.6) is 5.75 Å². The lowest BCUT2D eigenvalue weighted by molar-refractivity contribution is -0.384. The first kappa shape index (κ1) is 50.8. The van der Waals surface area contributed by atoms with Gasteiger partial charge in [0.2, 0.25) is 0 Å². The summed E-state index contributed by atoms with van der Waals surface area (Å²) in [7, 11) is 0. The number of benzene rings is 1. The first-order valence-corrected chi connectivity index (χ1v) is 21.9. The second kappa shape index (κ2) is 35.0. The maximum Gasteiger partial charge on any atom is 0.513 e. The third-order valence-electron chi connectivity index (χ3n) is 9.72. The van der Waals surface area contributed by atoms with Gasteiger partial charge in [-0.15, -0.1) is 0 Å². The van der Waals surface area contributed by atoms with Crippen LogP contribution < -0.4 is 4.74 Å². The van der Waals surface area contributed by atoms with Gasteiger partial charge < -0.3 is 28.4 Å². The molecule has 1 aromatic carbocycles. The Labute approximate surface area is 337 Å². The quantitative estimate of drug-likeness (QED) is 0.0120. The fourth-order valence-corrected chi connectivity index (χ4v) is 6.23. The van der Waals surface area contributed by atoms with Gasteiger partial charge in [-0.2, -0.15) is 0 Å². The SMILES string of the molecule is CCCCCCCCOC(CCC(=O)OCC(COC(=O)CC(CCCC)CCCCCC)COC(=O)Oc1ccc([N+](=O)[O-])cc1)OCCCCCCCC.